The molecule has 8 heteroatoms. The first kappa shape index (κ1) is 21.1. The summed E-state index contributed by atoms with van der Waals surface area (Å²) < 4.78 is 1.49. The van der Waals surface area contributed by atoms with Crippen molar-refractivity contribution in [3.8, 4) is 28.3 Å². The van der Waals surface area contributed by atoms with Crippen LogP contribution >= 0.6 is 0 Å². The Hall–Kier alpha value is -4.12. The number of carbonyl (C=O) groups is 2. The van der Waals surface area contributed by atoms with Crippen LogP contribution in [0.5, 0.6) is 0 Å². The van der Waals surface area contributed by atoms with Crippen molar-refractivity contribution >= 4 is 17.8 Å². The summed E-state index contributed by atoms with van der Waals surface area (Å²) in [6.07, 6.45) is 2.43. The van der Waals surface area contributed by atoms with Crippen LogP contribution < -0.4 is 10.6 Å². The van der Waals surface area contributed by atoms with Crippen LogP contribution in [0.25, 0.3) is 22.3 Å². The van der Waals surface area contributed by atoms with E-state index in [4.69, 9.17) is 10.4 Å². The van der Waals surface area contributed by atoms with Crippen molar-refractivity contribution in [2.75, 3.05) is 11.9 Å². The molecule has 1 aliphatic carbocycles. The molecule has 4 rings (SSSR count). The highest BCUT2D eigenvalue weighted by atomic mass is 16.4. The normalized spacial score (nSPS) is 13.8. The molecule has 2 aromatic carbocycles. The zero-order valence-corrected chi connectivity index (χ0v) is 17.6. The van der Waals surface area contributed by atoms with Crippen molar-refractivity contribution in [1.82, 2.24) is 15.1 Å². The maximum atomic E-state index is 12.6. The van der Waals surface area contributed by atoms with Gasteiger partial charge in [0.2, 0.25) is 5.91 Å². The van der Waals surface area contributed by atoms with Gasteiger partial charge in [0.15, 0.2) is 0 Å². The van der Waals surface area contributed by atoms with Gasteiger partial charge < -0.3 is 10.4 Å². The average molecular weight is 429 g/mol. The third-order valence-corrected chi connectivity index (χ3v) is 5.84. The Labute approximate surface area is 185 Å². The number of carbonyl (C=O) groups excluding carboxylic acids is 1. The highest BCUT2D eigenvalue weighted by molar-refractivity contribution is 5.91. The fraction of sp³-hybridized carbons (Fsp3) is 0.250. The Morgan fingerprint density at radius 3 is 2.25 bits per heavy atom. The Morgan fingerprint density at radius 2 is 1.69 bits per heavy atom. The second kappa shape index (κ2) is 8.55. The molecule has 2 amide bonds. The Morgan fingerprint density at radius 1 is 1.09 bits per heavy atom. The van der Waals surface area contributed by atoms with Gasteiger partial charge in [-0.05, 0) is 35.1 Å². The molecule has 0 bridgehead atoms. The Bertz CT molecular complexity index is 1190. The number of nitriles is 1. The van der Waals surface area contributed by atoms with Crippen molar-refractivity contribution in [3.63, 3.8) is 0 Å². The van der Waals surface area contributed by atoms with Crippen LogP contribution in [0, 0.1) is 11.3 Å². The quantitative estimate of drug-likeness (QED) is 0.492. The van der Waals surface area contributed by atoms with Gasteiger partial charge in [0, 0.05) is 19.2 Å². The molecule has 0 radical (unpaired) electrons. The fourth-order valence-electron chi connectivity index (χ4n) is 3.90. The highest BCUT2D eigenvalue weighted by Crippen LogP contribution is 2.48. The van der Waals surface area contributed by atoms with Gasteiger partial charge in [0.1, 0.15) is 5.82 Å². The molecule has 0 spiro atoms. The van der Waals surface area contributed by atoms with E-state index in [9.17, 15) is 9.59 Å². The summed E-state index contributed by atoms with van der Waals surface area (Å²) in [6.45, 7) is 0.377. The van der Waals surface area contributed by atoms with E-state index in [2.05, 4.69) is 15.7 Å². The van der Waals surface area contributed by atoms with Gasteiger partial charge in [0.25, 0.3) is 0 Å². The molecule has 0 atom stereocenters. The van der Waals surface area contributed by atoms with Gasteiger partial charge in [-0.25, -0.2) is 4.79 Å². The fourth-order valence-corrected chi connectivity index (χ4v) is 3.90. The van der Waals surface area contributed by atoms with E-state index >= 15 is 0 Å². The van der Waals surface area contributed by atoms with Crippen molar-refractivity contribution in [2.24, 2.45) is 7.05 Å². The lowest BCUT2D eigenvalue weighted by Gasteiger charge is -2.16. The van der Waals surface area contributed by atoms with E-state index in [1.807, 2.05) is 54.6 Å². The standard InChI is InChI=1S/C24H23N5O3/c1-29-21(28-23(31)32)20(15-27-29)18-5-3-16(4-6-18)17-7-9-19(10-8-17)24(11-12-24)22(30)26-14-2-13-25/h3-10,15,28H,2,11-12,14H2,1H3,(H,26,30)(H,31,32). The SMILES string of the molecule is Cn1ncc(-c2ccc(-c3ccc(C4(C(=O)NCCC#N)CC4)cc3)cc2)c1NC(=O)O. The first-order valence-corrected chi connectivity index (χ1v) is 10.3. The summed E-state index contributed by atoms with van der Waals surface area (Å²) in [6, 6.07) is 17.9. The summed E-state index contributed by atoms with van der Waals surface area (Å²) in [7, 11) is 1.68. The molecule has 1 saturated carbocycles. The van der Waals surface area contributed by atoms with Crippen LogP contribution in [0.4, 0.5) is 10.6 Å². The molecule has 8 nitrogen and oxygen atoms in total. The second-order valence-corrected chi connectivity index (χ2v) is 7.86. The number of hydrogen-bond acceptors (Lipinski definition) is 4. The summed E-state index contributed by atoms with van der Waals surface area (Å²) in [4.78, 5) is 23.6. The number of nitrogens with zero attached hydrogens (tertiary/aromatic N) is 3. The minimum absolute atomic E-state index is 0.00732. The summed E-state index contributed by atoms with van der Waals surface area (Å²) >= 11 is 0. The molecule has 1 heterocycles. The topological polar surface area (TPSA) is 120 Å². The lowest BCUT2D eigenvalue weighted by molar-refractivity contribution is -0.123. The first-order valence-electron chi connectivity index (χ1n) is 10.3. The van der Waals surface area contributed by atoms with Gasteiger partial charge in [0.05, 0.1) is 24.1 Å². The largest absolute Gasteiger partial charge is 0.465 e. The third-order valence-electron chi connectivity index (χ3n) is 5.84. The minimum atomic E-state index is -1.14. The molecule has 3 N–H and O–H groups in total. The molecular formula is C24H23N5O3. The monoisotopic (exact) mass is 429 g/mol. The van der Waals surface area contributed by atoms with E-state index < -0.39 is 11.5 Å². The second-order valence-electron chi connectivity index (χ2n) is 7.86. The number of carboxylic acid groups (broad SMARTS) is 1. The highest BCUT2D eigenvalue weighted by Gasteiger charge is 2.50. The molecule has 32 heavy (non-hydrogen) atoms. The maximum Gasteiger partial charge on any atom is 0.410 e. The number of rotatable bonds is 7. The van der Waals surface area contributed by atoms with E-state index in [0.717, 1.165) is 35.1 Å². The minimum Gasteiger partial charge on any atom is -0.465 e. The van der Waals surface area contributed by atoms with Gasteiger partial charge in [-0.2, -0.15) is 10.4 Å². The molecular weight excluding hydrogens is 406 g/mol. The molecule has 0 unspecified atom stereocenters. The van der Waals surface area contributed by atoms with Crippen LogP contribution in [0.2, 0.25) is 0 Å². The van der Waals surface area contributed by atoms with Crippen molar-refractivity contribution < 1.29 is 14.7 Å². The average Bonchev–Trinajstić information content (AvgIpc) is 3.54. The van der Waals surface area contributed by atoms with E-state index in [1.54, 1.807) is 13.2 Å². The molecule has 0 saturated heterocycles. The van der Waals surface area contributed by atoms with Crippen LogP contribution in [0.3, 0.4) is 0 Å². The van der Waals surface area contributed by atoms with Gasteiger partial charge in [-0.3, -0.25) is 14.8 Å². The number of aromatic nitrogens is 2. The number of amides is 2. The van der Waals surface area contributed by atoms with Crippen LogP contribution in [-0.2, 0) is 17.3 Å². The van der Waals surface area contributed by atoms with Crippen molar-refractivity contribution in [1.29, 1.82) is 5.26 Å². The molecule has 1 aliphatic rings. The lowest BCUT2D eigenvalue weighted by Crippen LogP contribution is -2.35. The number of aryl methyl sites for hydroxylation is 1. The molecule has 162 valence electrons. The third kappa shape index (κ3) is 4.05. The number of benzene rings is 2. The van der Waals surface area contributed by atoms with E-state index in [0.29, 0.717) is 24.3 Å². The Balaban J connectivity index is 1.51. The van der Waals surface area contributed by atoms with Crippen LogP contribution in [0.15, 0.2) is 54.7 Å². The van der Waals surface area contributed by atoms with Crippen molar-refractivity contribution in [3.05, 3.63) is 60.3 Å². The van der Waals surface area contributed by atoms with E-state index in [1.165, 1.54) is 4.68 Å². The molecule has 1 aromatic heterocycles. The van der Waals surface area contributed by atoms with Crippen LogP contribution in [-0.4, -0.2) is 33.4 Å². The Kier molecular flexibility index (Phi) is 5.65. The molecule has 0 aliphatic heterocycles. The van der Waals surface area contributed by atoms with Crippen molar-refractivity contribution in [2.45, 2.75) is 24.7 Å². The molecule has 3 aromatic rings. The predicted octanol–water partition coefficient (Wildman–Crippen LogP) is 3.91. The summed E-state index contributed by atoms with van der Waals surface area (Å²) in [5.41, 5.74) is 4.12. The maximum absolute atomic E-state index is 12.6. The predicted molar refractivity (Wildman–Crippen MR) is 120 cm³/mol. The number of nitrogens with one attached hydrogen (secondary N) is 2. The number of hydrogen-bond donors (Lipinski definition) is 3. The smallest absolute Gasteiger partial charge is 0.410 e. The molecule has 1 fully saturated rings. The van der Waals surface area contributed by atoms with Crippen LogP contribution in [0.1, 0.15) is 24.8 Å². The van der Waals surface area contributed by atoms with E-state index in [-0.39, 0.29) is 5.91 Å². The first-order chi connectivity index (χ1) is 15.4. The van der Waals surface area contributed by atoms with Gasteiger partial charge in [-0.15, -0.1) is 0 Å². The zero-order valence-electron chi connectivity index (χ0n) is 17.6. The summed E-state index contributed by atoms with van der Waals surface area (Å²) in [5.74, 6) is 0.407. The lowest BCUT2D eigenvalue weighted by atomic mass is 9.92. The number of anilines is 1. The zero-order chi connectivity index (χ0) is 22.7. The summed E-state index contributed by atoms with van der Waals surface area (Å²) in [5, 5.41) is 27.1. The van der Waals surface area contributed by atoms with Gasteiger partial charge in [-0.1, -0.05) is 48.5 Å². The van der Waals surface area contributed by atoms with Gasteiger partial charge >= 0.3 is 6.09 Å².